The minimum atomic E-state index is -0.222. The number of piperazine rings is 1. The smallest absolute Gasteiger partial charge is 0.134 e. The molecule has 5 rings (SSSR count). The molecular weight excluding hydrogens is 403 g/mol. The number of nitrogens with zero attached hydrogens (tertiary/aromatic N) is 2. The predicted octanol–water partition coefficient (Wildman–Crippen LogP) is 5.57. The Hall–Kier alpha value is -3.15. The fourth-order valence-corrected chi connectivity index (χ4v) is 4.42. The number of benzene rings is 3. The van der Waals surface area contributed by atoms with E-state index in [0.29, 0.717) is 0 Å². The Bertz CT molecular complexity index is 1210. The molecule has 4 aromatic rings. The van der Waals surface area contributed by atoms with E-state index >= 15 is 0 Å². The van der Waals surface area contributed by atoms with Crippen molar-refractivity contribution in [3.8, 4) is 16.9 Å². The van der Waals surface area contributed by atoms with Gasteiger partial charge in [-0.1, -0.05) is 36.4 Å². The SMILES string of the molecule is COc1ccccc1CN1CCN(Cc2cc3cc(-c4cccc(F)c4)ccc3o2)CC1. The van der Waals surface area contributed by atoms with Crippen LogP contribution in [-0.4, -0.2) is 43.1 Å². The van der Waals surface area contributed by atoms with Gasteiger partial charge in [-0.3, -0.25) is 9.80 Å². The highest BCUT2D eigenvalue weighted by Gasteiger charge is 2.19. The average Bonchev–Trinajstić information content (AvgIpc) is 3.22. The molecule has 0 N–H and O–H groups in total. The molecule has 0 amide bonds. The van der Waals surface area contributed by atoms with E-state index < -0.39 is 0 Å². The minimum Gasteiger partial charge on any atom is -0.496 e. The van der Waals surface area contributed by atoms with Gasteiger partial charge < -0.3 is 9.15 Å². The topological polar surface area (TPSA) is 28.9 Å². The third-order valence-electron chi connectivity index (χ3n) is 6.16. The highest BCUT2D eigenvalue weighted by Crippen LogP contribution is 2.28. The highest BCUT2D eigenvalue weighted by molar-refractivity contribution is 5.84. The Labute approximate surface area is 187 Å². The van der Waals surface area contributed by atoms with Crippen molar-refractivity contribution in [1.29, 1.82) is 0 Å². The summed E-state index contributed by atoms with van der Waals surface area (Å²) in [6.07, 6.45) is 0. The van der Waals surface area contributed by atoms with E-state index in [2.05, 4.69) is 34.1 Å². The van der Waals surface area contributed by atoms with Crippen molar-refractivity contribution >= 4 is 11.0 Å². The lowest BCUT2D eigenvalue weighted by Crippen LogP contribution is -2.45. The molecule has 0 unspecified atom stereocenters. The zero-order valence-electron chi connectivity index (χ0n) is 18.3. The second-order valence-corrected chi connectivity index (χ2v) is 8.34. The lowest BCUT2D eigenvalue weighted by Gasteiger charge is -2.34. The minimum absolute atomic E-state index is 0.222. The molecule has 0 aliphatic carbocycles. The lowest BCUT2D eigenvalue weighted by molar-refractivity contribution is 0.116. The van der Waals surface area contributed by atoms with Crippen molar-refractivity contribution in [2.75, 3.05) is 33.3 Å². The predicted molar refractivity (Wildman–Crippen MR) is 125 cm³/mol. The van der Waals surface area contributed by atoms with Crippen molar-refractivity contribution in [3.63, 3.8) is 0 Å². The van der Waals surface area contributed by atoms with E-state index in [1.807, 2.05) is 30.3 Å². The zero-order valence-corrected chi connectivity index (χ0v) is 18.3. The quantitative estimate of drug-likeness (QED) is 0.400. The normalized spacial score (nSPS) is 15.3. The number of para-hydroxylation sites is 1. The standard InChI is InChI=1S/C27H27FN2O2/c1-31-26-8-3-2-5-22(26)18-29-11-13-30(14-12-29)19-25-17-23-15-21(9-10-27(23)32-25)20-6-4-7-24(28)16-20/h2-10,15-17H,11-14,18-19H2,1H3. The van der Waals surface area contributed by atoms with Crippen LogP contribution in [0.1, 0.15) is 11.3 Å². The van der Waals surface area contributed by atoms with Gasteiger partial charge in [-0.05, 0) is 47.5 Å². The Morgan fingerprint density at radius 3 is 2.34 bits per heavy atom. The molecule has 1 aliphatic heterocycles. The van der Waals surface area contributed by atoms with Gasteiger partial charge in [0, 0.05) is 43.7 Å². The molecule has 5 heteroatoms. The summed E-state index contributed by atoms with van der Waals surface area (Å²) in [7, 11) is 1.73. The molecule has 1 aromatic heterocycles. The summed E-state index contributed by atoms with van der Waals surface area (Å²) in [6, 6.07) is 23.1. The van der Waals surface area contributed by atoms with Crippen molar-refractivity contribution in [1.82, 2.24) is 9.80 Å². The second-order valence-electron chi connectivity index (χ2n) is 8.34. The summed E-state index contributed by atoms with van der Waals surface area (Å²) in [6.45, 7) is 5.74. The van der Waals surface area contributed by atoms with Crippen LogP contribution in [0.2, 0.25) is 0 Å². The van der Waals surface area contributed by atoms with Gasteiger partial charge in [0.15, 0.2) is 0 Å². The first-order chi connectivity index (χ1) is 15.7. The van der Waals surface area contributed by atoms with E-state index in [1.165, 1.54) is 11.6 Å². The highest BCUT2D eigenvalue weighted by atomic mass is 19.1. The fraction of sp³-hybridized carbons (Fsp3) is 0.259. The first-order valence-electron chi connectivity index (χ1n) is 11.0. The van der Waals surface area contributed by atoms with Crippen LogP contribution >= 0.6 is 0 Å². The number of furan rings is 1. The Kier molecular flexibility index (Phi) is 5.93. The van der Waals surface area contributed by atoms with Gasteiger partial charge in [0.05, 0.1) is 13.7 Å². The third-order valence-corrected chi connectivity index (χ3v) is 6.16. The Morgan fingerprint density at radius 2 is 1.56 bits per heavy atom. The Balaban J connectivity index is 1.22. The monoisotopic (exact) mass is 430 g/mol. The fourth-order valence-electron chi connectivity index (χ4n) is 4.42. The van der Waals surface area contributed by atoms with Gasteiger partial charge in [-0.15, -0.1) is 0 Å². The van der Waals surface area contributed by atoms with Gasteiger partial charge in [0.2, 0.25) is 0 Å². The molecule has 2 heterocycles. The number of ether oxygens (including phenoxy) is 1. The average molecular weight is 431 g/mol. The van der Waals surface area contributed by atoms with E-state index in [9.17, 15) is 4.39 Å². The lowest BCUT2D eigenvalue weighted by atomic mass is 10.0. The summed E-state index contributed by atoms with van der Waals surface area (Å²) in [4.78, 5) is 4.90. The molecule has 0 saturated carbocycles. The summed E-state index contributed by atoms with van der Waals surface area (Å²) < 4.78 is 25.2. The number of hydrogen-bond donors (Lipinski definition) is 0. The van der Waals surface area contributed by atoms with E-state index in [0.717, 1.165) is 72.9 Å². The van der Waals surface area contributed by atoms with Crippen molar-refractivity contribution in [3.05, 3.63) is 89.9 Å². The van der Waals surface area contributed by atoms with Gasteiger partial charge in [0.1, 0.15) is 22.9 Å². The van der Waals surface area contributed by atoms with Gasteiger partial charge in [-0.25, -0.2) is 4.39 Å². The van der Waals surface area contributed by atoms with Crippen LogP contribution in [-0.2, 0) is 13.1 Å². The summed E-state index contributed by atoms with van der Waals surface area (Å²) in [5.41, 5.74) is 3.97. The summed E-state index contributed by atoms with van der Waals surface area (Å²) in [5, 5.41) is 1.05. The maximum Gasteiger partial charge on any atom is 0.134 e. The number of fused-ring (bicyclic) bond motifs is 1. The first-order valence-corrected chi connectivity index (χ1v) is 11.0. The zero-order chi connectivity index (χ0) is 21.9. The molecule has 3 aromatic carbocycles. The molecule has 0 spiro atoms. The third kappa shape index (κ3) is 4.54. The van der Waals surface area contributed by atoms with Crippen LogP contribution in [0, 0.1) is 5.82 Å². The molecular formula is C27H27FN2O2. The summed E-state index contributed by atoms with van der Waals surface area (Å²) in [5.74, 6) is 1.70. The van der Waals surface area contributed by atoms with Crippen molar-refractivity contribution in [2.45, 2.75) is 13.1 Å². The molecule has 164 valence electrons. The molecule has 1 aliphatic rings. The number of hydrogen-bond acceptors (Lipinski definition) is 4. The number of rotatable bonds is 6. The molecule has 0 atom stereocenters. The van der Waals surface area contributed by atoms with Crippen LogP contribution in [0.25, 0.3) is 22.1 Å². The van der Waals surface area contributed by atoms with Crippen LogP contribution in [0.5, 0.6) is 5.75 Å². The van der Waals surface area contributed by atoms with Crippen molar-refractivity contribution < 1.29 is 13.5 Å². The largest absolute Gasteiger partial charge is 0.496 e. The van der Waals surface area contributed by atoms with Crippen LogP contribution in [0.4, 0.5) is 4.39 Å². The molecule has 1 fully saturated rings. The Morgan fingerprint density at radius 1 is 0.812 bits per heavy atom. The van der Waals surface area contributed by atoms with E-state index in [1.54, 1.807) is 19.2 Å². The summed E-state index contributed by atoms with van der Waals surface area (Å²) >= 11 is 0. The van der Waals surface area contributed by atoms with E-state index in [4.69, 9.17) is 9.15 Å². The number of halogens is 1. The van der Waals surface area contributed by atoms with Crippen LogP contribution in [0.15, 0.2) is 77.2 Å². The van der Waals surface area contributed by atoms with Crippen LogP contribution in [0.3, 0.4) is 0 Å². The van der Waals surface area contributed by atoms with E-state index in [-0.39, 0.29) is 5.82 Å². The number of methoxy groups -OCH3 is 1. The maximum absolute atomic E-state index is 13.6. The molecule has 4 nitrogen and oxygen atoms in total. The van der Waals surface area contributed by atoms with Gasteiger partial charge in [0.25, 0.3) is 0 Å². The van der Waals surface area contributed by atoms with Crippen molar-refractivity contribution in [2.24, 2.45) is 0 Å². The van der Waals surface area contributed by atoms with Crippen LogP contribution < -0.4 is 4.74 Å². The molecule has 32 heavy (non-hydrogen) atoms. The molecule has 1 saturated heterocycles. The molecule has 0 radical (unpaired) electrons. The second kappa shape index (κ2) is 9.15. The first kappa shape index (κ1) is 20.7. The van der Waals surface area contributed by atoms with Gasteiger partial charge >= 0.3 is 0 Å². The molecule has 0 bridgehead atoms. The van der Waals surface area contributed by atoms with Gasteiger partial charge in [-0.2, -0.15) is 0 Å². The maximum atomic E-state index is 13.6.